The summed E-state index contributed by atoms with van der Waals surface area (Å²) in [5.41, 5.74) is 1.16. The summed E-state index contributed by atoms with van der Waals surface area (Å²) in [7, 11) is 0. The van der Waals surface area contributed by atoms with Crippen LogP contribution in [0.4, 0.5) is 13.2 Å². The first-order valence-electron chi connectivity index (χ1n) is 9.72. The van der Waals surface area contributed by atoms with Gasteiger partial charge in [0.05, 0.1) is 5.54 Å². The highest BCUT2D eigenvalue weighted by molar-refractivity contribution is 5.83. The lowest BCUT2D eigenvalue weighted by atomic mass is 9.67. The maximum Gasteiger partial charge on any atom is 0.220 e. The molecule has 0 radical (unpaired) electrons. The molecule has 1 spiro atoms. The van der Waals surface area contributed by atoms with Crippen molar-refractivity contribution in [2.75, 3.05) is 13.2 Å². The molecule has 6 heteroatoms. The number of hydrogen-bond acceptors (Lipinski definition) is 2. The number of carbonyl (C=O) groups is 1. The molecule has 3 nitrogen and oxygen atoms in total. The first-order valence-corrected chi connectivity index (χ1v) is 9.72. The van der Waals surface area contributed by atoms with E-state index in [1.54, 1.807) is 17.0 Å². The fourth-order valence-corrected chi connectivity index (χ4v) is 4.96. The van der Waals surface area contributed by atoms with Crippen molar-refractivity contribution in [1.29, 1.82) is 0 Å². The molecule has 1 aliphatic heterocycles. The van der Waals surface area contributed by atoms with Gasteiger partial charge in [0, 0.05) is 25.6 Å². The van der Waals surface area contributed by atoms with E-state index in [1.165, 1.54) is 19.1 Å². The standard InChI is InChI=1S/C23H22F3NO2/c1-14(29)27-13-16(20-10-18(24)6-7-22(20)26)12-23(27)17(8-9-28)4-2-15-3-5-19(25)11-21(15)23/h3,5-7,10-12,17,28H,2,4,8-9,13H2,1H3. The molecule has 2 unspecified atom stereocenters. The van der Waals surface area contributed by atoms with Gasteiger partial charge >= 0.3 is 0 Å². The summed E-state index contributed by atoms with van der Waals surface area (Å²) in [6.45, 7) is 1.43. The number of rotatable bonds is 3. The molecule has 152 valence electrons. The Bertz CT molecular complexity index is 1000. The predicted molar refractivity (Wildman–Crippen MR) is 103 cm³/mol. The third-order valence-corrected chi connectivity index (χ3v) is 6.19. The van der Waals surface area contributed by atoms with Gasteiger partial charge in [0.15, 0.2) is 0 Å². The van der Waals surface area contributed by atoms with Gasteiger partial charge in [-0.15, -0.1) is 0 Å². The first-order chi connectivity index (χ1) is 13.9. The summed E-state index contributed by atoms with van der Waals surface area (Å²) >= 11 is 0. The Morgan fingerprint density at radius 2 is 1.90 bits per heavy atom. The summed E-state index contributed by atoms with van der Waals surface area (Å²) in [5, 5.41) is 9.65. The summed E-state index contributed by atoms with van der Waals surface area (Å²) in [5.74, 6) is -1.98. The summed E-state index contributed by atoms with van der Waals surface area (Å²) in [4.78, 5) is 14.3. The van der Waals surface area contributed by atoms with E-state index in [0.29, 0.717) is 30.4 Å². The van der Waals surface area contributed by atoms with Gasteiger partial charge in [-0.3, -0.25) is 4.79 Å². The van der Waals surface area contributed by atoms with Crippen LogP contribution in [0.2, 0.25) is 0 Å². The lowest BCUT2D eigenvalue weighted by Gasteiger charge is -2.47. The Morgan fingerprint density at radius 3 is 2.62 bits per heavy atom. The highest BCUT2D eigenvalue weighted by Crippen LogP contribution is 2.52. The second-order valence-electron chi connectivity index (χ2n) is 7.77. The van der Waals surface area contributed by atoms with E-state index in [0.717, 1.165) is 23.8 Å². The van der Waals surface area contributed by atoms with Crippen molar-refractivity contribution < 1.29 is 23.1 Å². The van der Waals surface area contributed by atoms with Crippen molar-refractivity contribution in [2.45, 2.75) is 31.7 Å². The Morgan fingerprint density at radius 1 is 1.17 bits per heavy atom. The number of aliphatic hydroxyl groups excluding tert-OH is 1. The van der Waals surface area contributed by atoms with Gasteiger partial charge in [-0.25, -0.2) is 13.2 Å². The molecular weight excluding hydrogens is 379 g/mol. The fraction of sp³-hybridized carbons (Fsp3) is 0.348. The highest BCUT2D eigenvalue weighted by atomic mass is 19.1. The minimum atomic E-state index is -1.00. The second kappa shape index (κ2) is 7.34. The smallest absolute Gasteiger partial charge is 0.220 e. The van der Waals surface area contributed by atoms with E-state index in [4.69, 9.17) is 0 Å². The summed E-state index contributed by atoms with van der Waals surface area (Å²) in [6, 6.07) is 7.77. The molecule has 0 saturated heterocycles. The quantitative estimate of drug-likeness (QED) is 0.838. The third-order valence-electron chi connectivity index (χ3n) is 6.19. The first kappa shape index (κ1) is 19.7. The van der Waals surface area contributed by atoms with E-state index >= 15 is 0 Å². The second-order valence-corrected chi connectivity index (χ2v) is 7.77. The molecule has 0 saturated carbocycles. The van der Waals surface area contributed by atoms with Crippen LogP contribution in [0, 0.1) is 23.4 Å². The van der Waals surface area contributed by atoms with Crippen LogP contribution >= 0.6 is 0 Å². The van der Waals surface area contributed by atoms with E-state index < -0.39 is 23.0 Å². The highest BCUT2D eigenvalue weighted by Gasteiger charge is 2.51. The molecule has 2 atom stereocenters. The average Bonchev–Trinajstić information content (AvgIpc) is 3.08. The number of halogens is 3. The Kier molecular flexibility index (Phi) is 4.99. The molecule has 0 aromatic heterocycles. The SMILES string of the molecule is CC(=O)N1CC(c2cc(F)ccc2F)=CC12c1cc(F)ccc1CCC2CCO. The zero-order valence-corrected chi connectivity index (χ0v) is 16.1. The van der Waals surface area contributed by atoms with Crippen molar-refractivity contribution in [3.8, 4) is 0 Å². The van der Waals surface area contributed by atoms with Crippen molar-refractivity contribution in [3.05, 3.63) is 76.6 Å². The lowest BCUT2D eigenvalue weighted by Crippen LogP contribution is -2.52. The lowest BCUT2D eigenvalue weighted by molar-refractivity contribution is -0.135. The number of benzene rings is 2. The number of nitrogens with zero attached hydrogens (tertiary/aromatic N) is 1. The summed E-state index contributed by atoms with van der Waals surface area (Å²) in [6.07, 6.45) is 3.59. The van der Waals surface area contributed by atoms with Crippen LogP contribution < -0.4 is 0 Å². The molecular formula is C23H22F3NO2. The van der Waals surface area contributed by atoms with Crippen LogP contribution in [0.15, 0.2) is 42.5 Å². The molecule has 0 fully saturated rings. The number of fused-ring (bicyclic) bond motifs is 2. The van der Waals surface area contributed by atoms with Crippen LogP contribution in [0.5, 0.6) is 0 Å². The number of carbonyl (C=O) groups excluding carboxylic acids is 1. The monoisotopic (exact) mass is 401 g/mol. The van der Waals surface area contributed by atoms with Crippen molar-refractivity contribution in [1.82, 2.24) is 4.90 Å². The molecule has 2 aromatic carbocycles. The summed E-state index contributed by atoms with van der Waals surface area (Å²) < 4.78 is 42.5. The van der Waals surface area contributed by atoms with E-state index in [-0.39, 0.29) is 30.5 Å². The van der Waals surface area contributed by atoms with E-state index in [9.17, 15) is 23.1 Å². The van der Waals surface area contributed by atoms with Crippen molar-refractivity contribution >= 4 is 11.5 Å². The van der Waals surface area contributed by atoms with E-state index in [2.05, 4.69) is 0 Å². The van der Waals surface area contributed by atoms with Gasteiger partial charge in [-0.2, -0.15) is 0 Å². The van der Waals surface area contributed by atoms with Gasteiger partial charge in [0.25, 0.3) is 0 Å². The van der Waals surface area contributed by atoms with Crippen LogP contribution in [-0.2, 0) is 16.8 Å². The topological polar surface area (TPSA) is 40.5 Å². The average molecular weight is 401 g/mol. The largest absolute Gasteiger partial charge is 0.396 e. The van der Waals surface area contributed by atoms with E-state index in [1.807, 2.05) is 0 Å². The Labute approximate surface area is 167 Å². The molecule has 1 amide bonds. The van der Waals surface area contributed by atoms with Gasteiger partial charge in [0.2, 0.25) is 5.91 Å². The number of aryl methyl sites for hydroxylation is 1. The third kappa shape index (κ3) is 3.15. The van der Waals surface area contributed by atoms with Crippen LogP contribution in [0.25, 0.3) is 5.57 Å². The van der Waals surface area contributed by atoms with Gasteiger partial charge in [-0.05, 0) is 78.3 Å². The molecule has 4 rings (SSSR count). The number of hydrogen-bond donors (Lipinski definition) is 1. The molecule has 29 heavy (non-hydrogen) atoms. The molecule has 1 heterocycles. The minimum absolute atomic E-state index is 0.0830. The van der Waals surface area contributed by atoms with Crippen LogP contribution in [0.3, 0.4) is 0 Å². The van der Waals surface area contributed by atoms with Gasteiger partial charge in [-0.1, -0.05) is 6.07 Å². The molecule has 0 bridgehead atoms. The van der Waals surface area contributed by atoms with Crippen LogP contribution in [-0.4, -0.2) is 29.1 Å². The molecule has 1 aliphatic carbocycles. The number of amides is 1. The Hall–Kier alpha value is -2.60. The maximum atomic E-state index is 14.5. The maximum absolute atomic E-state index is 14.5. The predicted octanol–water partition coefficient (Wildman–Crippen LogP) is 4.19. The zero-order chi connectivity index (χ0) is 20.8. The fourth-order valence-electron chi connectivity index (χ4n) is 4.96. The van der Waals surface area contributed by atoms with Gasteiger partial charge < -0.3 is 10.0 Å². The zero-order valence-electron chi connectivity index (χ0n) is 16.1. The molecule has 2 aromatic rings. The van der Waals surface area contributed by atoms with Gasteiger partial charge in [0.1, 0.15) is 17.5 Å². The molecule has 2 aliphatic rings. The number of aliphatic hydroxyl groups is 1. The van der Waals surface area contributed by atoms with Crippen LogP contribution in [0.1, 0.15) is 36.5 Å². The Balaban J connectivity index is 1.97. The van der Waals surface area contributed by atoms with Crippen molar-refractivity contribution in [3.63, 3.8) is 0 Å². The molecule has 1 N–H and O–H groups in total. The minimum Gasteiger partial charge on any atom is -0.396 e. The van der Waals surface area contributed by atoms with Crippen molar-refractivity contribution in [2.24, 2.45) is 5.92 Å². The normalized spacial score (nSPS) is 23.3.